The standard InChI is InChI=1S/C23H20N2O5S/c1-29-20-11-15-14(10-21(20)30-7-3-2-6-24)9-18(22-5-4-8-31-22)25-13-16(23(27)28)19(26)12-17(15)25/h4-5,8,10-13,18H,2-3,7,9H2,1H3,(H,27,28). The van der Waals surface area contributed by atoms with Crippen LogP contribution in [0.1, 0.15) is 39.7 Å². The van der Waals surface area contributed by atoms with Gasteiger partial charge in [-0.2, -0.15) is 5.26 Å². The molecule has 0 amide bonds. The van der Waals surface area contributed by atoms with Gasteiger partial charge in [0.15, 0.2) is 16.9 Å². The Labute approximate surface area is 182 Å². The molecule has 1 N–H and O–H groups in total. The summed E-state index contributed by atoms with van der Waals surface area (Å²) in [5.74, 6) is -0.136. The Hall–Kier alpha value is -3.57. The third-order valence-corrected chi connectivity index (χ3v) is 6.26. The largest absolute Gasteiger partial charge is 0.493 e. The maximum Gasteiger partial charge on any atom is 0.341 e. The number of hydrogen-bond donors (Lipinski definition) is 1. The number of thiophene rings is 1. The summed E-state index contributed by atoms with van der Waals surface area (Å²) in [4.78, 5) is 25.1. The van der Waals surface area contributed by atoms with Gasteiger partial charge in [0.05, 0.1) is 31.5 Å². The van der Waals surface area contributed by atoms with Crippen LogP contribution in [0.25, 0.3) is 11.3 Å². The van der Waals surface area contributed by atoms with Gasteiger partial charge in [0, 0.05) is 29.1 Å². The average Bonchev–Trinajstić information content (AvgIpc) is 3.29. The number of ether oxygens (including phenoxy) is 2. The number of aromatic carboxylic acids is 1. The average molecular weight is 436 g/mol. The number of benzene rings is 1. The molecule has 158 valence electrons. The van der Waals surface area contributed by atoms with Crippen molar-refractivity contribution in [2.24, 2.45) is 0 Å². The molecule has 0 aliphatic carbocycles. The fourth-order valence-corrected chi connectivity index (χ4v) is 4.65. The lowest BCUT2D eigenvalue weighted by Gasteiger charge is -2.31. The van der Waals surface area contributed by atoms with Gasteiger partial charge in [-0.05, 0) is 42.0 Å². The summed E-state index contributed by atoms with van der Waals surface area (Å²) in [5.41, 5.74) is 1.65. The van der Waals surface area contributed by atoms with Crippen LogP contribution < -0.4 is 14.9 Å². The van der Waals surface area contributed by atoms with Crippen molar-refractivity contribution in [3.05, 3.63) is 68.1 Å². The number of carboxylic acids is 1. The van der Waals surface area contributed by atoms with Gasteiger partial charge in [-0.15, -0.1) is 11.3 Å². The van der Waals surface area contributed by atoms with Crippen LogP contribution in [0.5, 0.6) is 11.5 Å². The van der Waals surface area contributed by atoms with Gasteiger partial charge < -0.3 is 19.1 Å². The van der Waals surface area contributed by atoms with Crippen LogP contribution in [0.4, 0.5) is 0 Å². The Morgan fingerprint density at radius 3 is 2.87 bits per heavy atom. The van der Waals surface area contributed by atoms with E-state index in [2.05, 4.69) is 6.07 Å². The van der Waals surface area contributed by atoms with Crippen LogP contribution in [-0.2, 0) is 6.42 Å². The van der Waals surface area contributed by atoms with Gasteiger partial charge in [-0.25, -0.2) is 4.79 Å². The fraction of sp³-hybridized carbons (Fsp3) is 0.261. The molecule has 1 aliphatic heterocycles. The predicted molar refractivity (Wildman–Crippen MR) is 116 cm³/mol. The second-order valence-corrected chi connectivity index (χ2v) is 8.13. The van der Waals surface area contributed by atoms with Crippen molar-refractivity contribution >= 4 is 17.3 Å². The molecule has 3 aromatic rings. The van der Waals surface area contributed by atoms with Gasteiger partial charge in [0.2, 0.25) is 0 Å². The first-order valence-electron chi connectivity index (χ1n) is 9.77. The predicted octanol–water partition coefficient (Wildman–Crippen LogP) is 4.11. The number of pyridine rings is 1. The second-order valence-electron chi connectivity index (χ2n) is 7.15. The van der Waals surface area contributed by atoms with Crippen LogP contribution >= 0.6 is 11.3 Å². The lowest BCUT2D eigenvalue weighted by molar-refractivity contribution is 0.0694. The summed E-state index contributed by atoms with van der Waals surface area (Å²) in [6.45, 7) is 0.398. The van der Waals surface area contributed by atoms with Crippen molar-refractivity contribution in [1.82, 2.24) is 4.57 Å². The highest BCUT2D eigenvalue weighted by Gasteiger charge is 2.29. The highest BCUT2D eigenvalue weighted by atomic mass is 32.1. The molecule has 0 fully saturated rings. The number of rotatable bonds is 7. The summed E-state index contributed by atoms with van der Waals surface area (Å²) in [5, 5.41) is 20.1. The SMILES string of the molecule is COc1cc2c(cc1OCCCC#N)CC(c1cccs1)n1cc(C(=O)O)c(=O)cc1-2. The number of aromatic nitrogens is 1. The van der Waals surface area contributed by atoms with E-state index in [4.69, 9.17) is 14.7 Å². The zero-order chi connectivity index (χ0) is 22.0. The normalized spacial score (nSPS) is 14.3. The Balaban J connectivity index is 1.85. The fourth-order valence-electron chi connectivity index (χ4n) is 3.82. The molecular formula is C23H20N2O5S. The van der Waals surface area contributed by atoms with E-state index in [0.29, 0.717) is 43.1 Å². The summed E-state index contributed by atoms with van der Waals surface area (Å²) < 4.78 is 13.2. The minimum absolute atomic E-state index is 0.138. The zero-order valence-electron chi connectivity index (χ0n) is 16.8. The lowest BCUT2D eigenvalue weighted by Crippen LogP contribution is -2.25. The Bertz CT molecular complexity index is 1220. The third-order valence-electron chi connectivity index (χ3n) is 5.29. The molecule has 1 aliphatic rings. The van der Waals surface area contributed by atoms with Crippen LogP contribution in [0.3, 0.4) is 0 Å². The smallest absolute Gasteiger partial charge is 0.341 e. The summed E-state index contributed by atoms with van der Waals surface area (Å²) in [6.07, 6.45) is 3.08. The number of carbonyl (C=O) groups is 1. The Morgan fingerprint density at radius 2 is 2.19 bits per heavy atom. The number of fused-ring (bicyclic) bond motifs is 3. The van der Waals surface area contributed by atoms with E-state index in [0.717, 1.165) is 16.0 Å². The van der Waals surface area contributed by atoms with Gasteiger partial charge in [-0.3, -0.25) is 4.79 Å². The number of hydrogen-bond acceptors (Lipinski definition) is 6. The molecule has 8 heteroatoms. The molecule has 0 radical (unpaired) electrons. The molecule has 31 heavy (non-hydrogen) atoms. The number of nitrogens with zero attached hydrogens (tertiary/aromatic N) is 2. The van der Waals surface area contributed by atoms with Gasteiger partial charge in [0.1, 0.15) is 5.56 Å². The second kappa shape index (κ2) is 8.66. The maximum atomic E-state index is 12.5. The minimum atomic E-state index is -1.24. The van der Waals surface area contributed by atoms with E-state index in [9.17, 15) is 14.7 Å². The van der Waals surface area contributed by atoms with Crippen molar-refractivity contribution in [2.75, 3.05) is 13.7 Å². The first kappa shape index (κ1) is 20.7. The highest BCUT2D eigenvalue weighted by molar-refractivity contribution is 7.10. The van der Waals surface area contributed by atoms with Crippen LogP contribution in [0.2, 0.25) is 0 Å². The Morgan fingerprint density at radius 1 is 1.35 bits per heavy atom. The lowest BCUT2D eigenvalue weighted by atomic mass is 9.91. The van der Waals surface area contributed by atoms with E-state index >= 15 is 0 Å². The van der Waals surface area contributed by atoms with E-state index in [1.54, 1.807) is 18.4 Å². The van der Waals surface area contributed by atoms with Crippen LogP contribution in [0, 0.1) is 11.3 Å². The summed E-state index contributed by atoms with van der Waals surface area (Å²) in [6, 6.07) is 11.0. The molecule has 3 heterocycles. The Kier molecular flexibility index (Phi) is 5.78. The summed E-state index contributed by atoms with van der Waals surface area (Å²) >= 11 is 1.58. The molecule has 2 aromatic heterocycles. The van der Waals surface area contributed by atoms with Gasteiger partial charge >= 0.3 is 5.97 Å². The van der Waals surface area contributed by atoms with Crippen molar-refractivity contribution in [2.45, 2.75) is 25.3 Å². The molecule has 1 atom stereocenters. The first-order chi connectivity index (χ1) is 15.0. The zero-order valence-corrected chi connectivity index (χ0v) is 17.6. The molecule has 0 saturated heterocycles. The van der Waals surface area contributed by atoms with E-state index in [1.165, 1.54) is 12.3 Å². The quantitative estimate of drug-likeness (QED) is 0.559. The topological polar surface area (TPSA) is 102 Å². The van der Waals surface area contributed by atoms with Crippen LogP contribution in [0.15, 0.2) is 46.7 Å². The van der Waals surface area contributed by atoms with Crippen molar-refractivity contribution < 1.29 is 19.4 Å². The van der Waals surface area contributed by atoms with E-state index in [-0.39, 0.29) is 11.6 Å². The van der Waals surface area contributed by atoms with Gasteiger partial charge in [0.25, 0.3) is 0 Å². The molecular weight excluding hydrogens is 416 g/mol. The molecule has 4 rings (SSSR count). The molecule has 1 unspecified atom stereocenters. The third kappa shape index (κ3) is 3.92. The minimum Gasteiger partial charge on any atom is -0.493 e. The molecule has 1 aromatic carbocycles. The summed E-state index contributed by atoms with van der Waals surface area (Å²) in [7, 11) is 1.54. The van der Waals surface area contributed by atoms with Crippen molar-refractivity contribution in [3.63, 3.8) is 0 Å². The molecule has 0 bridgehead atoms. The number of unbranched alkanes of at least 4 members (excludes halogenated alkanes) is 1. The highest BCUT2D eigenvalue weighted by Crippen LogP contribution is 2.43. The number of carboxylic acid groups (broad SMARTS) is 1. The molecule has 0 spiro atoms. The van der Waals surface area contributed by atoms with Crippen LogP contribution in [-0.4, -0.2) is 29.4 Å². The maximum absolute atomic E-state index is 12.5. The van der Waals surface area contributed by atoms with Crippen molar-refractivity contribution in [3.8, 4) is 28.8 Å². The molecule has 0 saturated carbocycles. The number of methoxy groups -OCH3 is 1. The monoisotopic (exact) mass is 436 g/mol. The molecule has 7 nitrogen and oxygen atoms in total. The van der Waals surface area contributed by atoms with E-state index in [1.807, 2.05) is 34.2 Å². The van der Waals surface area contributed by atoms with E-state index < -0.39 is 11.4 Å². The van der Waals surface area contributed by atoms with Crippen molar-refractivity contribution in [1.29, 1.82) is 5.26 Å². The number of nitriles is 1. The first-order valence-corrected chi connectivity index (χ1v) is 10.7. The van der Waals surface area contributed by atoms with Gasteiger partial charge in [-0.1, -0.05) is 6.07 Å².